The van der Waals surface area contributed by atoms with Crippen LogP contribution >= 0.6 is 11.3 Å². The standard InChI is InChI=1S/C35H54N6O7S/c1-24-31(49-23-38-24)26-7-5-25(6-8-26)20-37-33(44)29-19-28(42)21-41(29)34(45)32(35(2,3)4)39-30(43)22-48-18-17-47-16-15-46-14-13-40-11-9-27(36)10-12-40/h5-8,23,27-29,32,42H,9-22,36H2,1-4H3,(H,37,44)(H,39,43). The summed E-state index contributed by atoms with van der Waals surface area (Å²) >= 11 is 1.58. The summed E-state index contributed by atoms with van der Waals surface area (Å²) in [6, 6.07) is 6.42. The Morgan fingerprint density at radius 3 is 2.33 bits per heavy atom. The van der Waals surface area contributed by atoms with Gasteiger partial charge in [0.05, 0.1) is 55.2 Å². The van der Waals surface area contributed by atoms with Gasteiger partial charge in [-0.15, -0.1) is 11.3 Å². The number of likely N-dealkylation sites (tertiary alicyclic amines) is 2. The highest BCUT2D eigenvalue weighted by atomic mass is 32.1. The molecule has 3 unspecified atom stereocenters. The number of aromatic nitrogens is 1. The molecule has 3 atom stereocenters. The van der Waals surface area contributed by atoms with E-state index in [1.165, 1.54) is 4.90 Å². The molecule has 2 aromatic rings. The maximum absolute atomic E-state index is 13.8. The summed E-state index contributed by atoms with van der Waals surface area (Å²) in [5.74, 6) is -1.23. The van der Waals surface area contributed by atoms with Crippen molar-refractivity contribution in [1.29, 1.82) is 0 Å². The van der Waals surface area contributed by atoms with Gasteiger partial charge in [0.25, 0.3) is 0 Å². The molecule has 3 amide bonds. The number of aliphatic hydroxyl groups is 1. The van der Waals surface area contributed by atoms with Crippen molar-refractivity contribution in [3.8, 4) is 10.4 Å². The van der Waals surface area contributed by atoms with E-state index in [0.717, 1.165) is 54.2 Å². The van der Waals surface area contributed by atoms with Crippen LogP contribution in [0.2, 0.25) is 0 Å². The van der Waals surface area contributed by atoms with Gasteiger partial charge < -0.3 is 45.5 Å². The first-order valence-corrected chi connectivity index (χ1v) is 18.1. The van der Waals surface area contributed by atoms with Crippen molar-refractivity contribution in [1.82, 2.24) is 25.4 Å². The summed E-state index contributed by atoms with van der Waals surface area (Å²) in [6.45, 7) is 12.5. The molecule has 0 aliphatic carbocycles. The van der Waals surface area contributed by atoms with Gasteiger partial charge in [-0.3, -0.25) is 14.4 Å². The molecule has 0 saturated carbocycles. The lowest BCUT2D eigenvalue weighted by Gasteiger charge is -2.35. The number of nitrogens with one attached hydrogen (secondary N) is 2. The highest BCUT2D eigenvalue weighted by Crippen LogP contribution is 2.28. The third-order valence-corrected chi connectivity index (χ3v) is 9.85. The zero-order valence-corrected chi connectivity index (χ0v) is 30.1. The number of aliphatic hydroxyl groups excluding tert-OH is 1. The van der Waals surface area contributed by atoms with Crippen LogP contribution in [0.4, 0.5) is 0 Å². The lowest BCUT2D eigenvalue weighted by Crippen LogP contribution is -2.58. The molecule has 0 bridgehead atoms. The highest BCUT2D eigenvalue weighted by molar-refractivity contribution is 7.13. The fourth-order valence-electron chi connectivity index (χ4n) is 5.96. The lowest BCUT2D eigenvalue weighted by molar-refractivity contribution is -0.144. The van der Waals surface area contributed by atoms with E-state index >= 15 is 0 Å². The van der Waals surface area contributed by atoms with Crippen LogP contribution in [-0.2, 0) is 35.1 Å². The summed E-state index contributed by atoms with van der Waals surface area (Å²) in [6.07, 6.45) is 1.33. The predicted molar refractivity (Wildman–Crippen MR) is 188 cm³/mol. The van der Waals surface area contributed by atoms with Crippen LogP contribution in [0, 0.1) is 12.3 Å². The number of amides is 3. The number of rotatable bonds is 17. The Morgan fingerprint density at radius 2 is 1.69 bits per heavy atom. The Morgan fingerprint density at radius 1 is 1.04 bits per heavy atom. The van der Waals surface area contributed by atoms with Gasteiger partial charge in [-0.2, -0.15) is 0 Å². The second-order valence-electron chi connectivity index (χ2n) is 13.9. The van der Waals surface area contributed by atoms with Gasteiger partial charge in [-0.05, 0) is 49.4 Å². The molecule has 4 rings (SSSR count). The summed E-state index contributed by atoms with van der Waals surface area (Å²) in [5.41, 5.74) is 10.0. The monoisotopic (exact) mass is 702 g/mol. The molecule has 2 saturated heterocycles. The SMILES string of the molecule is Cc1ncsc1-c1ccc(CNC(=O)C2CC(O)CN2C(=O)C(NC(=O)COCCOCCOCCN2CCC(N)CC2)C(C)(C)C)cc1. The number of piperidine rings is 1. The molecule has 5 N–H and O–H groups in total. The Bertz CT molecular complexity index is 1340. The third kappa shape index (κ3) is 12.1. The number of carbonyl (C=O) groups is 3. The normalized spacial score (nSPS) is 19.6. The molecule has 1 aromatic carbocycles. The van der Waals surface area contributed by atoms with Crippen molar-refractivity contribution in [2.75, 3.05) is 65.8 Å². The van der Waals surface area contributed by atoms with E-state index < -0.39 is 35.4 Å². The number of benzene rings is 1. The van der Waals surface area contributed by atoms with Gasteiger partial charge in [0.2, 0.25) is 17.7 Å². The Kier molecular flexibility index (Phi) is 14.9. The molecule has 3 heterocycles. The van der Waals surface area contributed by atoms with E-state index in [9.17, 15) is 19.5 Å². The highest BCUT2D eigenvalue weighted by Gasteiger charge is 2.44. The van der Waals surface area contributed by atoms with Crippen molar-refractivity contribution < 1.29 is 33.7 Å². The molecule has 0 radical (unpaired) electrons. The fraction of sp³-hybridized carbons (Fsp3) is 0.657. The van der Waals surface area contributed by atoms with Gasteiger partial charge in [-0.25, -0.2) is 4.98 Å². The average molecular weight is 703 g/mol. The second kappa shape index (κ2) is 18.9. The van der Waals surface area contributed by atoms with Crippen molar-refractivity contribution in [3.05, 3.63) is 41.0 Å². The Hall–Kier alpha value is -2.98. The van der Waals surface area contributed by atoms with Gasteiger partial charge >= 0.3 is 0 Å². The lowest BCUT2D eigenvalue weighted by atomic mass is 9.85. The molecule has 49 heavy (non-hydrogen) atoms. The van der Waals surface area contributed by atoms with Gasteiger partial charge in [0.15, 0.2) is 0 Å². The van der Waals surface area contributed by atoms with E-state index in [0.29, 0.717) is 32.5 Å². The number of hydrogen-bond donors (Lipinski definition) is 4. The topological polar surface area (TPSA) is 169 Å². The fourth-order valence-corrected chi connectivity index (χ4v) is 6.77. The van der Waals surface area contributed by atoms with Gasteiger partial charge in [0.1, 0.15) is 18.7 Å². The van der Waals surface area contributed by atoms with Crippen LogP contribution in [0.3, 0.4) is 0 Å². The molecule has 2 aliphatic heterocycles. The maximum atomic E-state index is 13.8. The summed E-state index contributed by atoms with van der Waals surface area (Å²) in [7, 11) is 0. The van der Waals surface area contributed by atoms with E-state index in [1.807, 2.05) is 57.5 Å². The first-order chi connectivity index (χ1) is 23.4. The zero-order valence-electron chi connectivity index (χ0n) is 29.3. The van der Waals surface area contributed by atoms with Crippen molar-refractivity contribution in [2.45, 2.75) is 77.7 Å². The Balaban J connectivity index is 1.16. The van der Waals surface area contributed by atoms with Crippen LogP contribution in [0.25, 0.3) is 10.4 Å². The molecule has 272 valence electrons. The molecule has 2 aliphatic rings. The zero-order chi connectivity index (χ0) is 35.4. The number of nitrogens with zero attached hydrogens (tertiary/aromatic N) is 3. The number of ether oxygens (including phenoxy) is 3. The molecular formula is C35H54N6O7S. The van der Waals surface area contributed by atoms with Crippen LogP contribution in [0.5, 0.6) is 0 Å². The minimum absolute atomic E-state index is 0.00673. The minimum atomic E-state index is -0.929. The number of β-amino-alcohol motifs (C(OH)–C–C–N with tert-alkyl or cyclic N) is 1. The van der Waals surface area contributed by atoms with Crippen molar-refractivity contribution in [3.63, 3.8) is 0 Å². The molecule has 2 fully saturated rings. The average Bonchev–Trinajstić information content (AvgIpc) is 3.68. The quantitative estimate of drug-likeness (QED) is 0.178. The number of aryl methyl sites for hydroxylation is 1. The van der Waals surface area contributed by atoms with Crippen LogP contribution in [-0.4, -0.2) is 128 Å². The summed E-state index contributed by atoms with van der Waals surface area (Å²) < 4.78 is 16.7. The predicted octanol–water partition coefficient (Wildman–Crippen LogP) is 1.70. The van der Waals surface area contributed by atoms with Crippen LogP contribution in [0.1, 0.15) is 51.3 Å². The van der Waals surface area contributed by atoms with Crippen molar-refractivity contribution in [2.24, 2.45) is 11.1 Å². The maximum Gasteiger partial charge on any atom is 0.246 e. The van der Waals surface area contributed by atoms with E-state index in [4.69, 9.17) is 19.9 Å². The second-order valence-corrected chi connectivity index (χ2v) is 14.8. The van der Waals surface area contributed by atoms with Crippen molar-refractivity contribution >= 4 is 29.1 Å². The van der Waals surface area contributed by atoms with Crippen LogP contribution < -0.4 is 16.4 Å². The first-order valence-electron chi connectivity index (χ1n) is 17.2. The molecule has 0 spiro atoms. The number of nitrogens with two attached hydrogens (primary N) is 1. The first kappa shape index (κ1) is 38.8. The number of carbonyl (C=O) groups excluding carboxylic acids is 3. The Labute approximate surface area is 293 Å². The molecule has 14 heteroatoms. The third-order valence-electron chi connectivity index (χ3n) is 8.87. The minimum Gasteiger partial charge on any atom is -0.391 e. The summed E-state index contributed by atoms with van der Waals surface area (Å²) in [4.78, 5) is 49.1. The number of thiazole rings is 1. The van der Waals surface area contributed by atoms with E-state index in [1.54, 1.807) is 11.3 Å². The van der Waals surface area contributed by atoms with Gasteiger partial charge in [0, 0.05) is 32.1 Å². The molecule has 1 aromatic heterocycles. The molecule has 13 nitrogen and oxygen atoms in total. The summed E-state index contributed by atoms with van der Waals surface area (Å²) in [5, 5.41) is 16.2. The van der Waals surface area contributed by atoms with Crippen LogP contribution in [0.15, 0.2) is 29.8 Å². The van der Waals surface area contributed by atoms with E-state index in [2.05, 4.69) is 20.5 Å². The number of hydrogen-bond acceptors (Lipinski definition) is 11. The largest absolute Gasteiger partial charge is 0.391 e. The van der Waals surface area contributed by atoms with Gasteiger partial charge in [-0.1, -0.05) is 45.0 Å². The van der Waals surface area contributed by atoms with E-state index in [-0.39, 0.29) is 38.6 Å². The molecular weight excluding hydrogens is 648 g/mol. The smallest absolute Gasteiger partial charge is 0.246 e.